The fourth-order valence-corrected chi connectivity index (χ4v) is 4.28. The normalized spacial score (nSPS) is 12.2. The van der Waals surface area contributed by atoms with Crippen LogP contribution >= 0.6 is 0 Å². The molecule has 0 bridgehead atoms. The lowest BCUT2D eigenvalue weighted by Crippen LogP contribution is -2.23. The zero-order chi connectivity index (χ0) is 25.2. The van der Waals surface area contributed by atoms with Crippen LogP contribution in [0.5, 0.6) is 0 Å². The first-order valence-corrected chi connectivity index (χ1v) is 11.4. The van der Waals surface area contributed by atoms with Gasteiger partial charge in [0.15, 0.2) is 17.3 Å². The van der Waals surface area contributed by atoms with Gasteiger partial charge in [-0.1, -0.05) is 72.8 Å². The molecule has 0 heterocycles. The highest BCUT2D eigenvalue weighted by Crippen LogP contribution is 2.30. The number of hydrogen-bond donors (Lipinski definition) is 1. The first-order valence-electron chi connectivity index (χ1n) is 11.4. The Hall–Kier alpha value is -4.90. The summed E-state index contributed by atoms with van der Waals surface area (Å²) in [6.07, 6.45) is 2.99. The van der Waals surface area contributed by atoms with Crippen LogP contribution in [0.15, 0.2) is 97.1 Å². The van der Waals surface area contributed by atoms with E-state index in [4.69, 9.17) is 0 Å². The Labute approximate surface area is 208 Å². The zero-order valence-electron chi connectivity index (χ0n) is 19.4. The molecule has 5 heteroatoms. The lowest BCUT2D eigenvalue weighted by atomic mass is 9.81. The molecule has 0 atom stereocenters. The van der Waals surface area contributed by atoms with E-state index in [1.165, 1.54) is 6.08 Å². The summed E-state index contributed by atoms with van der Waals surface area (Å²) < 4.78 is 0. The number of nitrogens with one attached hydrogen (secondary N) is 1. The molecule has 5 rings (SSSR count). The maximum Gasteiger partial charge on any atom is 0.255 e. The van der Waals surface area contributed by atoms with Crippen molar-refractivity contribution < 1.29 is 19.2 Å². The van der Waals surface area contributed by atoms with Gasteiger partial charge in [0.2, 0.25) is 0 Å². The van der Waals surface area contributed by atoms with Gasteiger partial charge >= 0.3 is 0 Å². The van der Waals surface area contributed by atoms with Crippen molar-refractivity contribution in [2.45, 2.75) is 6.92 Å². The van der Waals surface area contributed by atoms with E-state index in [-0.39, 0.29) is 39.9 Å². The monoisotopic (exact) mass is 471 g/mol. The van der Waals surface area contributed by atoms with Gasteiger partial charge in [0.1, 0.15) is 0 Å². The minimum atomic E-state index is -0.381. The van der Waals surface area contributed by atoms with E-state index >= 15 is 0 Å². The summed E-state index contributed by atoms with van der Waals surface area (Å²) in [5.74, 6) is -1.21. The fourth-order valence-electron chi connectivity index (χ4n) is 4.28. The van der Waals surface area contributed by atoms with E-state index in [2.05, 4.69) is 5.32 Å². The zero-order valence-corrected chi connectivity index (χ0v) is 19.4. The number of anilines is 1. The average molecular weight is 472 g/mol. The molecule has 36 heavy (non-hydrogen) atoms. The van der Waals surface area contributed by atoms with Crippen LogP contribution in [0.3, 0.4) is 0 Å². The van der Waals surface area contributed by atoms with Gasteiger partial charge in [-0.2, -0.15) is 0 Å². The van der Waals surface area contributed by atoms with Crippen LogP contribution in [0.1, 0.15) is 63.7 Å². The third-order valence-electron chi connectivity index (χ3n) is 6.09. The molecular formula is C31H21NO4. The molecule has 0 radical (unpaired) electrons. The van der Waals surface area contributed by atoms with Crippen LogP contribution in [0.4, 0.5) is 5.69 Å². The number of allylic oxidation sites excluding steroid dienone is 1. The number of aryl methyl sites for hydroxylation is 1. The van der Waals surface area contributed by atoms with Crippen molar-refractivity contribution in [2.24, 2.45) is 0 Å². The molecule has 4 aromatic carbocycles. The highest BCUT2D eigenvalue weighted by Gasteiger charge is 2.32. The molecule has 1 amide bonds. The Bertz CT molecular complexity index is 1580. The predicted octanol–water partition coefficient (Wildman–Crippen LogP) is 5.92. The van der Waals surface area contributed by atoms with Gasteiger partial charge in [0, 0.05) is 39.1 Å². The van der Waals surface area contributed by atoms with Crippen molar-refractivity contribution in [1.82, 2.24) is 0 Å². The summed E-state index contributed by atoms with van der Waals surface area (Å²) in [4.78, 5) is 51.6. The van der Waals surface area contributed by atoms with Crippen molar-refractivity contribution in [3.8, 4) is 0 Å². The lowest BCUT2D eigenvalue weighted by molar-refractivity contribution is 0.0972. The Morgan fingerprint density at radius 1 is 0.722 bits per heavy atom. The topological polar surface area (TPSA) is 80.3 Å². The van der Waals surface area contributed by atoms with Gasteiger partial charge in [-0.05, 0) is 48.4 Å². The Kier molecular flexibility index (Phi) is 5.97. The third-order valence-corrected chi connectivity index (χ3v) is 6.09. The SMILES string of the molecule is Cc1cccc(NC(=O)c2ccc(/C=C/C(=O)c3cccc4c3C(=O)c3ccccc3C4=O)cc2)c1. The van der Waals surface area contributed by atoms with Crippen molar-refractivity contribution in [1.29, 1.82) is 0 Å². The highest BCUT2D eigenvalue weighted by molar-refractivity contribution is 6.31. The van der Waals surface area contributed by atoms with E-state index in [1.807, 2.05) is 31.2 Å². The van der Waals surface area contributed by atoms with Gasteiger partial charge in [-0.3, -0.25) is 19.2 Å². The molecular weight excluding hydrogens is 450 g/mol. The van der Waals surface area contributed by atoms with E-state index < -0.39 is 0 Å². The van der Waals surface area contributed by atoms with Crippen molar-refractivity contribution in [3.63, 3.8) is 0 Å². The van der Waals surface area contributed by atoms with Crippen LogP contribution in [0.2, 0.25) is 0 Å². The predicted molar refractivity (Wildman–Crippen MR) is 139 cm³/mol. The summed E-state index contributed by atoms with van der Waals surface area (Å²) in [7, 11) is 0. The van der Waals surface area contributed by atoms with E-state index in [9.17, 15) is 19.2 Å². The van der Waals surface area contributed by atoms with Crippen LogP contribution < -0.4 is 5.32 Å². The second-order valence-electron chi connectivity index (χ2n) is 8.58. The van der Waals surface area contributed by atoms with E-state index in [1.54, 1.807) is 72.8 Å². The number of benzene rings is 4. The Morgan fingerprint density at radius 2 is 1.39 bits per heavy atom. The van der Waals surface area contributed by atoms with Crippen LogP contribution in [-0.4, -0.2) is 23.3 Å². The summed E-state index contributed by atoms with van der Waals surface area (Å²) >= 11 is 0. The summed E-state index contributed by atoms with van der Waals surface area (Å²) in [6.45, 7) is 1.95. The maximum atomic E-state index is 13.1. The molecule has 0 aromatic heterocycles. The molecule has 0 unspecified atom stereocenters. The number of carbonyl (C=O) groups excluding carboxylic acids is 4. The van der Waals surface area contributed by atoms with Crippen LogP contribution in [-0.2, 0) is 0 Å². The number of carbonyl (C=O) groups is 4. The molecule has 0 saturated carbocycles. The van der Waals surface area contributed by atoms with Crippen LogP contribution in [0, 0.1) is 6.92 Å². The van der Waals surface area contributed by atoms with Gasteiger partial charge in [-0.15, -0.1) is 0 Å². The third kappa shape index (κ3) is 4.30. The van der Waals surface area contributed by atoms with Crippen molar-refractivity contribution in [3.05, 3.63) is 142 Å². The van der Waals surface area contributed by atoms with Gasteiger partial charge < -0.3 is 5.32 Å². The second-order valence-corrected chi connectivity index (χ2v) is 8.58. The molecule has 1 aliphatic rings. The molecule has 5 nitrogen and oxygen atoms in total. The largest absolute Gasteiger partial charge is 0.322 e. The summed E-state index contributed by atoms with van der Waals surface area (Å²) in [5, 5.41) is 2.86. The lowest BCUT2D eigenvalue weighted by Gasteiger charge is -2.19. The summed E-state index contributed by atoms with van der Waals surface area (Å²) in [6, 6.07) is 25.8. The van der Waals surface area contributed by atoms with Gasteiger partial charge in [-0.25, -0.2) is 0 Å². The Morgan fingerprint density at radius 3 is 2.11 bits per heavy atom. The highest BCUT2D eigenvalue weighted by atomic mass is 16.2. The van der Waals surface area contributed by atoms with Gasteiger partial charge in [0.25, 0.3) is 5.91 Å². The molecule has 174 valence electrons. The molecule has 0 aliphatic heterocycles. The van der Waals surface area contributed by atoms with E-state index in [0.29, 0.717) is 22.3 Å². The minimum Gasteiger partial charge on any atom is -0.322 e. The number of hydrogen-bond acceptors (Lipinski definition) is 4. The molecule has 0 fully saturated rings. The summed E-state index contributed by atoms with van der Waals surface area (Å²) in [5.41, 5.74) is 4.18. The maximum absolute atomic E-state index is 13.1. The quantitative estimate of drug-likeness (QED) is 0.255. The molecule has 1 aliphatic carbocycles. The number of ketones is 3. The first kappa shape index (κ1) is 22.9. The van der Waals surface area contributed by atoms with Crippen LogP contribution in [0.25, 0.3) is 6.08 Å². The molecule has 4 aromatic rings. The van der Waals surface area contributed by atoms with Crippen molar-refractivity contribution in [2.75, 3.05) is 5.32 Å². The average Bonchev–Trinajstić information content (AvgIpc) is 2.90. The molecule has 0 saturated heterocycles. The number of rotatable bonds is 5. The van der Waals surface area contributed by atoms with Crippen molar-refractivity contribution >= 4 is 35.0 Å². The molecule has 1 N–H and O–H groups in total. The smallest absolute Gasteiger partial charge is 0.255 e. The first-order chi connectivity index (χ1) is 17.4. The fraction of sp³-hybridized carbons (Fsp3) is 0.0323. The minimum absolute atomic E-state index is 0.138. The standard InChI is InChI=1S/C31H21NO4/c1-19-6-4-7-22(18-19)32-31(36)21-15-12-20(13-16-21)14-17-27(33)25-10-5-11-26-28(25)30(35)24-9-3-2-8-23(24)29(26)34/h2-18H,1H3,(H,32,36)/b17-14+. The second kappa shape index (κ2) is 9.39. The molecule has 0 spiro atoms. The number of amides is 1. The Balaban J connectivity index is 1.35. The van der Waals surface area contributed by atoms with Gasteiger partial charge in [0.05, 0.1) is 0 Å². The van der Waals surface area contributed by atoms with E-state index in [0.717, 1.165) is 11.3 Å². The number of fused-ring (bicyclic) bond motifs is 2.